The first-order valence-corrected chi connectivity index (χ1v) is 8.02. The minimum Gasteiger partial charge on any atom is -0.463 e. The van der Waals surface area contributed by atoms with Crippen molar-refractivity contribution in [2.24, 2.45) is 0 Å². The summed E-state index contributed by atoms with van der Waals surface area (Å²) in [4.78, 5) is 37.7. The van der Waals surface area contributed by atoms with Crippen molar-refractivity contribution in [3.8, 4) is 0 Å². The van der Waals surface area contributed by atoms with Gasteiger partial charge in [-0.1, -0.05) is 18.2 Å². The number of rotatable bonds is 5. The molecule has 0 saturated carbocycles. The van der Waals surface area contributed by atoms with Crippen molar-refractivity contribution in [3.63, 3.8) is 0 Å². The van der Waals surface area contributed by atoms with E-state index in [2.05, 4.69) is 10.6 Å². The summed E-state index contributed by atoms with van der Waals surface area (Å²) in [7, 11) is 0. The summed E-state index contributed by atoms with van der Waals surface area (Å²) in [6, 6.07) is 8.63. The van der Waals surface area contributed by atoms with Crippen LogP contribution in [0.4, 0.5) is 9.18 Å². The number of amides is 4. The van der Waals surface area contributed by atoms with Gasteiger partial charge in [0.25, 0.3) is 5.91 Å². The first-order chi connectivity index (χ1) is 12.3. The lowest BCUT2D eigenvalue weighted by Crippen LogP contribution is -2.43. The van der Waals surface area contributed by atoms with Crippen LogP contribution in [0.25, 0.3) is 0 Å². The monoisotopic (exact) mass is 359 g/mol. The Balaban J connectivity index is 1.66. The third kappa shape index (κ3) is 3.17. The van der Waals surface area contributed by atoms with Gasteiger partial charge in [-0.25, -0.2) is 9.18 Å². The van der Waals surface area contributed by atoms with Gasteiger partial charge in [-0.15, -0.1) is 0 Å². The SMILES string of the molecule is Cc1ccc(C2(C)NC(=O)N(CC(=O)NCc3ccccc3F)C2=O)o1. The van der Waals surface area contributed by atoms with Crippen LogP contribution in [-0.4, -0.2) is 29.3 Å². The summed E-state index contributed by atoms with van der Waals surface area (Å²) in [5.41, 5.74) is -1.05. The van der Waals surface area contributed by atoms with Gasteiger partial charge < -0.3 is 15.1 Å². The molecule has 0 aliphatic carbocycles. The zero-order chi connectivity index (χ0) is 18.9. The number of aryl methyl sites for hydroxylation is 1. The summed E-state index contributed by atoms with van der Waals surface area (Å²) in [6.07, 6.45) is 0. The summed E-state index contributed by atoms with van der Waals surface area (Å²) < 4.78 is 19.0. The van der Waals surface area contributed by atoms with Gasteiger partial charge in [-0.3, -0.25) is 14.5 Å². The molecule has 1 fully saturated rings. The molecule has 26 heavy (non-hydrogen) atoms. The maximum Gasteiger partial charge on any atom is 0.325 e. The predicted molar refractivity (Wildman–Crippen MR) is 89.3 cm³/mol. The Bertz CT molecular complexity index is 879. The van der Waals surface area contributed by atoms with Crippen molar-refractivity contribution in [3.05, 3.63) is 59.3 Å². The number of carbonyl (C=O) groups is 3. The summed E-state index contributed by atoms with van der Waals surface area (Å²) in [5, 5.41) is 5.05. The number of furan rings is 1. The second-order valence-electron chi connectivity index (χ2n) is 6.22. The Morgan fingerprint density at radius 2 is 2.00 bits per heavy atom. The predicted octanol–water partition coefficient (Wildman–Crippen LogP) is 1.81. The van der Waals surface area contributed by atoms with Crippen LogP contribution in [0.1, 0.15) is 24.0 Å². The molecule has 3 rings (SSSR count). The largest absolute Gasteiger partial charge is 0.463 e. The molecule has 8 heteroatoms. The van der Waals surface area contributed by atoms with Crippen molar-refractivity contribution in [1.82, 2.24) is 15.5 Å². The quantitative estimate of drug-likeness (QED) is 0.797. The van der Waals surface area contributed by atoms with Crippen LogP contribution in [0.15, 0.2) is 40.8 Å². The van der Waals surface area contributed by atoms with E-state index in [0.29, 0.717) is 17.1 Å². The second kappa shape index (κ2) is 6.62. The van der Waals surface area contributed by atoms with Gasteiger partial charge in [-0.2, -0.15) is 0 Å². The van der Waals surface area contributed by atoms with E-state index >= 15 is 0 Å². The van der Waals surface area contributed by atoms with Gasteiger partial charge >= 0.3 is 6.03 Å². The zero-order valence-electron chi connectivity index (χ0n) is 14.3. The summed E-state index contributed by atoms with van der Waals surface area (Å²) in [6.45, 7) is 2.74. The van der Waals surface area contributed by atoms with E-state index < -0.39 is 35.7 Å². The van der Waals surface area contributed by atoms with Gasteiger partial charge in [0.05, 0.1) is 0 Å². The van der Waals surface area contributed by atoms with Crippen LogP contribution < -0.4 is 10.6 Å². The van der Waals surface area contributed by atoms with Gasteiger partial charge in [0, 0.05) is 12.1 Å². The van der Waals surface area contributed by atoms with Crippen molar-refractivity contribution < 1.29 is 23.2 Å². The third-order valence-electron chi connectivity index (χ3n) is 4.24. The topological polar surface area (TPSA) is 91.7 Å². The van der Waals surface area contributed by atoms with E-state index in [1.165, 1.54) is 13.0 Å². The average Bonchev–Trinajstić information content (AvgIpc) is 3.12. The molecule has 1 unspecified atom stereocenters. The fraction of sp³-hybridized carbons (Fsp3) is 0.278. The lowest BCUT2D eigenvalue weighted by molar-refractivity contribution is -0.135. The Kier molecular flexibility index (Phi) is 4.50. The number of nitrogens with one attached hydrogen (secondary N) is 2. The average molecular weight is 359 g/mol. The Hall–Kier alpha value is -3.16. The Labute approximate surface area is 149 Å². The minimum atomic E-state index is -1.36. The summed E-state index contributed by atoms with van der Waals surface area (Å²) >= 11 is 0. The van der Waals surface area contributed by atoms with E-state index in [4.69, 9.17) is 4.42 Å². The van der Waals surface area contributed by atoms with Crippen molar-refractivity contribution in [2.75, 3.05) is 6.54 Å². The molecule has 2 aromatic rings. The van der Waals surface area contributed by atoms with Gasteiger partial charge in [0.2, 0.25) is 5.91 Å². The molecule has 1 aliphatic rings. The molecule has 0 radical (unpaired) electrons. The van der Waals surface area contributed by atoms with Crippen LogP contribution in [0.2, 0.25) is 0 Å². The molecular formula is C18H18FN3O4. The first kappa shape index (κ1) is 17.7. The second-order valence-corrected chi connectivity index (χ2v) is 6.22. The molecule has 1 aliphatic heterocycles. The molecule has 1 atom stereocenters. The van der Waals surface area contributed by atoms with Crippen LogP contribution in [0, 0.1) is 12.7 Å². The van der Waals surface area contributed by atoms with Crippen LogP contribution in [-0.2, 0) is 21.7 Å². The maximum atomic E-state index is 13.6. The molecule has 7 nitrogen and oxygen atoms in total. The highest BCUT2D eigenvalue weighted by Gasteiger charge is 2.51. The molecular weight excluding hydrogens is 341 g/mol. The number of carbonyl (C=O) groups excluding carboxylic acids is 3. The number of nitrogens with zero attached hydrogens (tertiary/aromatic N) is 1. The molecule has 4 amide bonds. The zero-order valence-corrected chi connectivity index (χ0v) is 14.3. The fourth-order valence-corrected chi connectivity index (χ4v) is 2.75. The highest BCUT2D eigenvalue weighted by Crippen LogP contribution is 2.29. The normalized spacial score (nSPS) is 19.6. The van der Waals surface area contributed by atoms with Crippen LogP contribution in [0.5, 0.6) is 0 Å². The summed E-state index contributed by atoms with van der Waals surface area (Å²) in [5.74, 6) is -0.704. The molecule has 1 saturated heterocycles. The van der Waals surface area contributed by atoms with E-state index in [-0.39, 0.29) is 6.54 Å². The van der Waals surface area contributed by atoms with Crippen molar-refractivity contribution >= 4 is 17.8 Å². The fourth-order valence-electron chi connectivity index (χ4n) is 2.75. The molecule has 0 bridgehead atoms. The lowest BCUT2D eigenvalue weighted by atomic mass is 9.99. The van der Waals surface area contributed by atoms with E-state index in [1.54, 1.807) is 37.3 Å². The first-order valence-electron chi connectivity index (χ1n) is 8.02. The molecule has 136 valence electrons. The Morgan fingerprint density at radius 3 is 2.65 bits per heavy atom. The number of hydrogen-bond donors (Lipinski definition) is 2. The molecule has 1 aromatic carbocycles. The molecule has 1 aromatic heterocycles. The lowest BCUT2D eigenvalue weighted by Gasteiger charge is -2.19. The van der Waals surface area contributed by atoms with E-state index in [9.17, 15) is 18.8 Å². The number of halogens is 1. The minimum absolute atomic E-state index is 0.0379. The number of benzene rings is 1. The van der Waals surface area contributed by atoms with Crippen molar-refractivity contribution in [2.45, 2.75) is 25.9 Å². The standard InChI is InChI=1S/C18H18FN3O4/c1-11-7-8-14(26-11)18(2)16(24)22(17(25)21-18)10-15(23)20-9-12-5-3-4-6-13(12)19/h3-8H,9-10H2,1-2H3,(H,20,23)(H,21,25). The maximum absolute atomic E-state index is 13.6. The third-order valence-corrected chi connectivity index (χ3v) is 4.24. The number of urea groups is 1. The molecule has 2 N–H and O–H groups in total. The Morgan fingerprint density at radius 1 is 1.27 bits per heavy atom. The smallest absolute Gasteiger partial charge is 0.325 e. The van der Waals surface area contributed by atoms with Crippen LogP contribution in [0.3, 0.4) is 0 Å². The molecule has 0 spiro atoms. The van der Waals surface area contributed by atoms with Gasteiger partial charge in [0.1, 0.15) is 23.9 Å². The molecule has 2 heterocycles. The number of imide groups is 1. The van der Waals surface area contributed by atoms with E-state index in [1.807, 2.05) is 0 Å². The van der Waals surface area contributed by atoms with E-state index in [0.717, 1.165) is 4.90 Å². The highest BCUT2D eigenvalue weighted by molar-refractivity contribution is 6.08. The highest BCUT2D eigenvalue weighted by atomic mass is 19.1. The number of hydrogen-bond acceptors (Lipinski definition) is 4. The van der Waals surface area contributed by atoms with Gasteiger partial charge in [-0.05, 0) is 32.0 Å². The van der Waals surface area contributed by atoms with Crippen LogP contribution >= 0.6 is 0 Å². The van der Waals surface area contributed by atoms with Gasteiger partial charge in [0.15, 0.2) is 5.54 Å². The van der Waals surface area contributed by atoms with Crippen molar-refractivity contribution in [1.29, 1.82) is 0 Å².